The smallest absolute Gasteiger partial charge is 0.290 e. The number of aromatic amines is 3. The van der Waals surface area contributed by atoms with E-state index in [0.717, 1.165) is 16.7 Å². The SMILES string of the molecule is CCn1c(C(=O)c2cc(C)cc(C#N)c2)c(C(C)C)c(=O)[nH]c1=O.CCn1c(C(=O)c2cc(C)cc(C#N)c2)c(C(C)C)c(=O)[nH]c1=O.CCn1c(C(=O)c2cc(C)cc(C#N)c2)c(C(C)C)c(=O)[nH]c1=O. The minimum Gasteiger partial charge on any atom is -0.290 e. The number of nitrogens with zero attached hydrogens (tertiary/aromatic N) is 6. The first-order chi connectivity index (χ1) is 33.9. The van der Waals surface area contributed by atoms with Crippen molar-refractivity contribution in [1.82, 2.24) is 28.7 Å². The zero-order valence-electron chi connectivity index (χ0n) is 42.4. The Hall–Kier alpha value is -8.82. The molecule has 18 heteroatoms. The third-order valence-corrected chi connectivity index (χ3v) is 11.4. The fourth-order valence-electron chi connectivity index (χ4n) is 8.35. The highest BCUT2D eigenvalue weighted by Crippen LogP contribution is 2.23. The fourth-order valence-corrected chi connectivity index (χ4v) is 8.35. The molecule has 3 aromatic carbocycles. The van der Waals surface area contributed by atoms with E-state index in [4.69, 9.17) is 15.8 Å². The Morgan fingerprint density at radius 2 is 0.653 bits per heavy atom. The molecule has 6 rings (SSSR count). The second-order valence-electron chi connectivity index (χ2n) is 17.8. The number of nitriles is 3. The molecule has 3 heterocycles. The minimum absolute atomic E-state index is 0.0933. The van der Waals surface area contributed by atoms with Crippen LogP contribution in [0.2, 0.25) is 0 Å². The maximum absolute atomic E-state index is 13.1. The van der Waals surface area contributed by atoms with Crippen molar-refractivity contribution in [2.24, 2.45) is 0 Å². The van der Waals surface area contributed by atoms with Gasteiger partial charge in [0, 0.05) is 53.0 Å². The molecule has 0 bridgehead atoms. The topological polar surface area (TPSA) is 287 Å². The van der Waals surface area contributed by atoms with Gasteiger partial charge in [0.15, 0.2) is 0 Å². The van der Waals surface area contributed by atoms with Crippen LogP contribution in [-0.2, 0) is 19.6 Å². The van der Waals surface area contributed by atoms with Gasteiger partial charge in [-0.1, -0.05) is 41.5 Å². The molecule has 0 amide bonds. The van der Waals surface area contributed by atoms with Crippen LogP contribution in [0.4, 0.5) is 0 Å². The van der Waals surface area contributed by atoms with Crippen molar-refractivity contribution in [1.29, 1.82) is 15.8 Å². The van der Waals surface area contributed by atoms with Gasteiger partial charge in [0.2, 0.25) is 17.3 Å². The Morgan fingerprint density at radius 1 is 0.431 bits per heavy atom. The first-order valence-electron chi connectivity index (χ1n) is 23.2. The molecule has 0 aliphatic carbocycles. The maximum Gasteiger partial charge on any atom is 0.328 e. The minimum atomic E-state index is -0.608. The van der Waals surface area contributed by atoms with Gasteiger partial charge in [0.1, 0.15) is 17.1 Å². The third-order valence-electron chi connectivity index (χ3n) is 11.4. The van der Waals surface area contributed by atoms with Crippen molar-refractivity contribution in [2.45, 2.75) is 120 Å². The van der Waals surface area contributed by atoms with Gasteiger partial charge in [-0.15, -0.1) is 0 Å². The molecule has 0 fully saturated rings. The zero-order valence-corrected chi connectivity index (χ0v) is 42.4. The van der Waals surface area contributed by atoms with Gasteiger partial charge in [-0.25, -0.2) is 14.4 Å². The number of carbonyl (C=O) groups excluding carboxylic acids is 3. The normalized spacial score (nSPS) is 10.7. The lowest BCUT2D eigenvalue weighted by molar-refractivity contribution is 0.101. The lowest BCUT2D eigenvalue weighted by Crippen LogP contribution is -2.37. The van der Waals surface area contributed by atoms with E-state index in [2.05, 4.69) is 15.0 Å². The number of aryl methyl sites for hydroxylation is 3. The number of H-pyrrole nitrogens is 3. The lowest BCUT2D eigenvalue weighted by atomic mass is 9.95. The number of hydrogen-bond acceptors (Lipinski definition) is 12. The van der Waals surface area contributed by atoms with Crippen LogP contribution in [0, 0.1) is 54.8 Å². The van der Waals surface area contributed by atoms with Crippen molar-refractivity contribution < 1.29 is 14.4 Å². The average Bonchev–Trinajstić information content (AvgIpc) is 3.31. The Balaban J connectivity index is 0.000000234. The van der Waals surface area contributed by atoms with Gasteiger partial charge in [0.05, 0.1) is 34.9 Å². The predicted molar refractivity (Wildman–Crippen MR) is 271 cm³/mol. The highest BCUT2D eigenvalue weighted by atomic mass is 16.2. The van der Waals surface area contributed by atoms with Crippen LogP contribution in [0.25, 0.3) is 0 Å². The second kappa shape index (κ2) is 23.7. The van der Waals surface area contributed by atoms with Crippen LogP contribution in [0.3, 0.4) is 0 Å². The molecule has 0 aliphatic rings. The van der Waals surface area contributed by atoms with Crippen molar-refractivity contribution in [3.8, 4) is 18.2 Å². The molecule has 0 aliphatic heterocycles. The molecule has 0 spiro atoms. The Labute approximate surface area is 414 Å². The summed E-state index contributed by atoms with van der Waals surface area (Å²) < 4.78 is 3.81. The predicted octanol–water partition coefficient (Wildman–Crippen LogP) is 6.27. The number of aromatic nitrogens is 6. The van der Waals surface area contributed by atoms with Crippen LogP contribution >= 0.6 is 0 Å². The highest BCUT2D eigenvalue weighted by Gasteiger charge is 2.27. The first-order valence-corrected chi connectivity index (χ1v) is 23.2. The maximum atomic E-state index is 13.1. The monoisotopic (exact) mass is 975 g/mol. The molecule has 18 nitrogen and oxygen atoms in total. The summed E-state index contributed by atoms with van der Waals surface area (Å²) in [6, 6.07) is 20.4. The molecule has 0 saturated carbocycles. The van der Waals surface area contributed by atoms with Crippen LogP contribution in [0.15, 0.2) is 83.4 Å². The van der Waals surface area contributed by atoms with Crippen molar-refractivity contribution in [2.75, 3.05) is 0 Å². The van der Waals surface area contributed by atoms with Gasteiger partial charge in [-0.2, -0.15) is 15.8 Å². The van der Waals surface area contributed by atoms with Crippen LogP contribution in [-0.4, -0.2) is 46.0 Å². The van der Waals surface area contributed by atoms with Gasteiger partial charge in [0.25, 0.3) is 16.7 Å². The van der Waals surface area contributed by atoms with E-state index in [1.54, 1.807) is 119 Å². The number of nitrogens with one attached hydrogen (secondary N) is 3. The van der Waals surface area contributed by atoms with E-state index < -0.39 is 51.1 Å². The summed E-state index contributed by atoms with van der Waals surface area (Å²) in [5.74, 6) is -1.97. The quantitative estimate of drug-likeness (QED) is 0.114. The molecule has 0 unspecified atom stereocenters. The molecule has 0 saturated heterocycles. The lowest BCUT2D eigenvalue weighted by Gasteiger charge is -2.16. The number of rotatable bonds is 12. The van der Waals surface area contributed by atoms with Crippen LogP contribution < -0.4 is 33.7 Å². The zero-order chi connectivity index (χ0) is 54.0. The Morgan fingerprint density at radius 3 is 0.833 bits per heavy atom. The molecular formula is C54H57N9O9. The molecule has 72 heavy (non-hydrogen) atoms. The van der Waals surface area contributed by atoms with E-state index in [-0.39, 0.29) is 71.2 Å². The molecule has 3 N–H and O–H groups in total. The van der Waals surface area contributed by atoms with E-state index in [1.165, 1.54) is 31.9 Å². The molecule has 372 valence electrons. The molecule has 0 radical (unpaired) electrons. The standard InChI is InChI=1S/3C18H19N3O3/c3*1-5-21-15(14(10(2)3)17(23)20-18(21)24)16(22)13-7-11(4)6-12(8-13)9-19/h3*6-8,10H,5H2,1-4H3,(H,20,23,24). The van der Waals surface area contributed by atoms with E-state index in [0.29, 0.717) is 33.4 Å². The van der Waals surface area contributed by atoms with Crippen molar-refractivity contribution >= 4 is 17.3 Å². The molecular weight excluding hydrogens is 919 g/mol. The molecule has 6 aromatic rings. The number of benzene rings is 3. The van der Waals surface area contributed by atoms with Crippen molar-refractivity contribution in [3.63, 3.8) is 0 Å². The first kappa shape index (κ1) is 55.8. The second-order valence-corrected chi connectivity index (χ2v) is 17.8. The van der Waals surface area contributed by atoms with Gasteiger partial charge in [-0.05, 0) is 131 Å². The Kier molecular flexibility index (Phi) is 18.3. The van der Waals surface area contributed by atoms with E-state index in [9.17, 15) is 43.2 Å². The van der Waals surface area contributed by atoms with Gasteiger partial charge >= 0.3 is 17.1 Å². The summed E-state index contributed by atoms with van der Waals surface area (Å²) in [6.07, 6.45) is 0. The van der Waals surface area contributed by atoms with Crippen molar-refractivity contribution in [3.05, 3.63) is 201 Å². The third kappa shape index (κ3) is 12.1. The summed E-state index contributed by atoms with van der Waals surface area (Å²) >= 11 is 0. The fraction of sp³-hybridized carbons (Fsp3) is 0.333. The summed E-state index contributed by atoms with van der Waals surface area (Å²) in [6.45, 7) is 22.1. The van der Waals surface area contributed by atoms with Crippen LogP contribution in [0.1, 0.15) is 178 Å². The summed E-state index contributed by atoms with van der Waals surface area (Å²) in [7, 11) is 0. The number of hydrogen-bond donors (Lipinski definition) is 3. The molecule has 3 aromatic heterocycles. The highest BCUT2D eigenvalue weighted by molar-refractivity contribution is 6.10. The van der Waals surface area contributed by atoms with Gasteiger partial charge in [-0.3, -0.25) is 57.4 Å². The van der Waals surface area contributed by atoms with Gasteiger partial charge < -0.3 is 0 Å². The van der Waals surface area contributed by atoms with E-state index >= 15 is 0 Å². The molecule has 0 atom stereocenters. The Bertz CT molecular complexity index is 3250. The largest absolute Gasteiger partial charge is 0.328 e. The average molecular weight is 976 g/mol. The number of carbonyl (C=O) groups is 3. The van der Waals surface area contributed by atoms with Crippen LogP contribution in [0.5, 0.6) is 0 Å². The summed E-state index contributed by atoms with van der Waals surface area (Å²) in [5.41, 5.74) is 1.91. The summed E-state index contributed by atoms with van der Waals surface area (Å²) in [4.78, 5) is 119. The van der Waals surface area contributed by atoms with E-state index in [1.807, 2.05) is 18.2 Å². The summed E-state index contributed by atoms with van der Waals surface area (Å²) in [5, 5.41) is 27.3. The number of ketones is 3.